The van der Waals surface area contributed by atoms with E-state index in [-0.39, 0.29) is 13.2 Å². The van der Waals surface area contributed by atoms with Crippen LogP contribution in [0.15, 0.2) is 0 Å². The predicted molar refractivity (Wildman–Crippen MR) is 146 cm³/mol. The highest BCUT2D eigenvalue weighted by Gasteiger charge is 2.15. The van der Waals surface area contributed by atoms with E-state index in [2.05, 4.69) is 27.3 Å². The molecule has 0 aliphatic carbocycles. The fraction of sp³-hybridized carbons (Fsp3) is 1.00. The molecule has 0 saturated carbocycles. The second-order valence-electron chi connectivity index (χ2n) is 9.54. The van der Waals surface area contributed by atoms with E-state index in [1.54, 1.807) is 0 Å². The molecular weight excluding hydrogens is 520 g/mol. The van der Waals surface area contributed by atoms with E-state index in [1.165, 1.54) is 77.0 Å². The second kappa shape index (κ2) is 26.0. The number of rotatable bonds is 30. The van der Waals surface area contributed by atoms with Crippen LogP contribution in [0.5, 0.6) is 0 Å². The lowest BCUT2D eigenvalue weighted by atomic mass is 10.1. The van der Waals surface area contributed by atoms with Crippen LogP contribution in [0.2, 0.25) is 0 Å². The smallest absolute Gasteiger partial charge is 0.248 e. The van der Waals surface area contributed by atoms with Gasteiger partial charge in [0.1, 0.15) is 6.61 Å². The van der Waals surface area contributed by atoms with Crippen molar-refractivity contribution in [2.24, 2.45) is 0 Å². The molecule has 0 aromatic rings. The van der Waals surface area contributed by atoms with Gasteiger partial charge in [-0.25, -0.2) is 17.4 Å². The van der Waals surface area contributed by atoms with E-state index < -0.39 is 34.0 Å². The Morgan fingerprint density at radius 3 is 1.11 bits per heavy atom. The molecule has 0 fully saturated rings. The molecule has 9 nitrogen and oxygen atoms in total. The summed E-state index contributed by atoms with van der Waals surface area (Å²) >= 11 is 0. The van der Waals surface area contributed by atoms with Crippen LogP contribution in [-0.2, 0) is 42.6 Å². The molecule has 0 amide bonds. The Morgan fingerprint density at radius 2 is 0.703 bits per heavy atom. The molecule has 0 aromatic carbocycles. The average Bonchev–Trinajstić information content (AvgIpc) is 2.85. The van der Waals surface area contributed by atoms with E-state index in [0.29, 0.717) is 12.8 Å². The summed E-state index contributed by atoms with van der Waals surface area (Å²) in [6.45, 7) is 3.63. The summed E-state index contributed by atoms with van der Waals surface area (Å²) in [7, 11) is -8.46. The summed E-state index contributed by atoms with van der Waals surface area (Å²) in [4.78, 5) is 4.50. The Hall–Kier alpha value is -0.300. The van der Waals surface area contributed by atoms with Crippen LogP contribution in [0.25, 0.3) is 0 Å². The minimum Gasteiger partial charge on any atom is -0.248 e. The Morgan fingerprint density at radius 1 is 0.378 bits per heavy atom. The lowest BCUT2D eigenvalue weighted by molar-refractivity contribution is -0.213. The highest BCUT2D eigenvalue weighted by molar-refractivity contribution is 7.82. The first-order valence-corrected chi connectivity index (χ1v) is 17.2. The Balaban J connectivity index is 3.57. The van der Waals surface area contributed by atoms with E-state index in [1.807, 2.05) is 0 Å². The van der Waals surface area contributed by atoms with Crippen molar-refractivity contribution in [2.45, 2.75) is 142 Å². The van der Waals surface area contributed by atoms with Crippen LogP contribution < -0.4 is 0 Å². The molecule has 0 spiro atoms. The lowest BCUT2D eigenvalue weighted by Crippen LogP contribution is -2.17. The molecule has 11 heteroatoms. The maximum atomic E-state index is 11.7. The van der Waals surface area contributed by atoms with Crippen molar-refractivity contribution < 1.29 is 38.6 Å². The van der Waals surface area contributed by atoms with Gasteiger partial charge < -0.3 is 0 Å². The first-order valence-electron chi connectivity index (χ1n) is 14.6. The van der Waals surface area contributed by atoms with E-state index in [4.69, 9.17) is 8.37 Å². The monoisotopic (exact) mass is 574 g/mol. The predicted octanol–water partition coefficient (Wildman–Crippen LogP) is 7.32. The van der Waals surface area contributed by atoms with Crippen molar-refractivity contribution in [3.8, 4) is 0 Å². The van der Waals surface area contributed by atoms with Crippen LogP contribution in [-0.4, -0.2) is 43.3 Å². The molecule has 0 radical (unpaired) electrons. The van der Waals surface area contributed by atoms with Gasteiger partial charge in [0.15, 0.2) is 0 Å². The van der Waals surface area contributed by atoms with Gasteiger partial charge in [-0.15, -0.1) is 0 Å². The zero-order chi connectivity index (χ0) is 27.5. The number of hydrogen-bond acceptors (Lipinski definition) is 9. The summed E-state index contributed by atoms with van der Waals surface area (Å²) in [5.41, 5.74) is 0. The van der Waals surface area contributed by atoms with Gasteiger partial charge in [-0.05, 0) is 12.8 Å². The van der Waals surface area contributed by atoms with E-state index in [0.717, 1.165) is 38.5 Å². The van der Waals surface area contributed by atoms with Crippen LogP contribution in [0.4, 0.5) is 0 Å². The molecule has 0 heterocycles. The van der Waals surface area contributed by atoms with Gasteiger partial charge in [-0.3, -0.25) is 0 Å². The zero-order valence-electron chi connectivity index (χ0n) is 23.5. The van der Waals surface area contributed by atoms with Crippen molar-refractivity contribution in [2.75, 3.05) is 26.4 Å². The lowest BCUT2D eigenvalue weighted by Gasteiger charge is -2.07. The van der Waals surface area contributed by atoms with Gasteiger partial charge in [0.05, 0.1) is 19.8 Å². The van der Waals surface area contributed by atoms with E-state index in [9.17, 15) is 16.8 Å². The third-order valence-corrected chi connectivity index (χ3v) is 7.61. The third kappa shape index (κ3) is 28.5. The SMILES string of the molecule is CCCCCCCCCCCCOS(=O)(=O)OCCOOS(=O)(=O)OCCCCCCCCCCCC. The molecule has 224 valence electrons. The van der Waals surface area contributed by atoms with Gasteiger partial charge in [-0.2, -0.15) is 16.8 Å². The Labute approximate surface area is 227 Å². The molecule has 0 rings (SSSR count). The normalized spacial score (nSPS) is 12.4. The van der Waals surface area contributed by atoms with Gasteiger partial charge in [0, 0.05) is 0 Å². The summed E-state index contributed by atoms with van der Waals surface area (Å²) < 4.78 is 65.0. The Bertz CT molecular complexity index is 624. The molecule has 0 unspecified atom stereocenters. The van der Waals surface area contributed by atoms with Crippen LogP contribution in [0, 0.1) is 0 Å². The summed E-state index contributed by atoms with van der Waals surface area (Å²) in [5, 5.41) is 0. The second-order valence-corrected chi connectivity index (χ2v) is 12.0. The highest BCUT2D eigenvalue weighted by Crippen LogP contribution is 2.12. The van der Waals surface area contributed by atoms with Crippen molar-refractivity contribution >= 4 is 20.8 Å². The number of hydrogen-bond donors (Lipinski definition) is 0. The maximum absolute atomic E-state index is 11.7. The van der Waals surface area contributed by atoms with Gasteiger partial charge >= 0.3 is 20.8 Å². The van der Waals surface area contributed by atoms with E-state index >= 15 is 0 Å². The van der Waals surface area contributed by atoms with Gasteiger partial charge in [0.2, 0.25) is 0 Å². The van der Waals surface area contributed by atoms with Crippen molar-refractivity contribution in [1.29, 1.82) is 0 Å². The molecule has 0 aliphatic rings. The molecule has 0 atom stereocenters. The first-order chi connectivity index (χ1) is 17.8. The minimum atomic E-state index is -4.30. The van der Waals surface area contributed by atoms with Crippen LogP contribution in [0.3, 0.4) is 0 Å². The maximum Gasteiger partial charge on any atom is 0.426 e. The highest BCUT2D eigenvalue weighted by atomic mass is 32.3. The number of unbranched alkanes of at least 4 members (excludes halogenated alkanes) is 18. The van der Waals surface area contributed by atoms with Crippen LogP contribution >= 0.6 is 0 Å². The standard InChI is InChI=1S/C26H54O9S2/c1-3-5-7-9-11-13-15-17-19-21-23-32-36(27,28)34-26-25-31-35-37(29,30)33-24-22-20-18-16-14-12-10-8-6-4-2/h3-26H2,1-2H3. The molecule has 37 heavy (non-hydrogen) atoms. The molecule has 0 bridgehead atoms. The van der Waals surface area contributed by atoms with Crippen LogP contribution in [0.1, 0.15) is 142 Å². The van der Waals surface area contributed by atoms with Crippen molar-refractivity contribution in [1.82, 2.24) is 0 Å². The molecule has 0 saturated heterocycles. The average molecular weight is 575 g/mol. The summed E-state index contributed by atoms with van der Waals surface area (Å²) in [6, 6.07) is 0. The van der Waals surface area contributed by atoms with Gasteiger partial charge in [-0.1, -0.05) is 134 Å². The molecular formula is C26H54O9S2. The topological polar surface area (TPSA) is 114 Å². The zero-order valence-corrected chi connectivity index (χ0v) is 25.1. The largest absolute Gasteiger partial charge is 0.426 e. The molecule has 0 N–H and O–H groups in total. The fourth-order valence-corrected chi connectivity index (χ4v) is 5.03. The summed E-state index contributed by atoms with van der Waals surface area (Å²) in [5.74, 6) is 0. The van der Waals surface area contributed by atoms with Gasteiger partial charge in [0.25, 0.3) is 0 Å². The minimum absolute atomic E-state index is 0.0138. The molecule has 0 aliphatic heterocycles. The third-order valence-electron chi connectivity index (χ3n) is 5.98. The first kappa shape index (κ1) is 36.7. The Kier molecular flexibility index (Phi) is 25.7. The quantitative estimate of drug-likeness (QED) is 0.0494. The van der Waals surface area contributed by atoms with Crippen molar-refractivity contribution in [3.63, 3.8) is 0 Å². The van der Waals surface area contributed by atoms with Crippen molar-refractivity contribution in [3.05, 3.63) is 0 Å². The summed E-state index contributed by atoms with van der Waals surface area (Å²) in [6.07, 6.45) is 22.7. The molecule has 0 aromatic heterocycles. The fourth-order valence-electron chi connectivity index (χ4n) is 3.82.